The Morgan fingerprint density at radius 3 is 2.27 bits per heavy atom. The monoisotopic (exact) mass is 393 g/mol. The summed E-state index contributed by atoms with van der Waals surface area (Å²) in [7, 11) is -2.45. The normalized spacial score (nSPS) is 12.3. The zero-order valence-corrected chi connectivity index (χ0v) is 16.3. The Morgan fingerprint density at radius 2 is 1.69 bits per heavy atom. The van der Waals surface area contributed by atoms with Crippen LogP contribution in [-0.2, 0) is 14.8 Å². The molecule has 0 saturated carbocycles. The van der Waals surface area contributed by atoms with E-state index in [0.29, 0.717) is 10.7 Å². The SMILES string of the molecule is C/C(=N/NC(=O)CN(C)S(=O)(=O)c1ccc(Cl)cc1)c1ccc(C)cc1. The Morgan fingerprint density at radius 1 is 1.12 bits per heavy atom. The van der Waals surface area contributed by atoms with Crippen molar-refractivity contribution < 1.29 is 13.2 Å². The number of aryl methyl sites for hydroxylation is 1. The summed E-state index contributed by atoms with van der Waals surface area (Å²) in [6.07, 6.45) is 0. The van der Waals surface area contributed by atoms with E-state index in [4.69, 9.17) is 11.6 Å². The van der Waals surface area contributed by atoms with E-state index in [1.807, 2.05) is 31.2 Å². The van der Waals surface area contributed by atoms with Gasteiger partial charge in [0.15, 0.2) is 0 Å². The first-order valence-electron chi connectivity index (χ1n) is 7.82. The number of likely N-dealkylation sites (N-methyl/N-ethyl adjacent to an activating group) is 1. The third kappa shape index (κ3) is 5.14. The van der Waals surface area contributed by atoms with Gasteiger partial charge in [-0.3, -0.25) is 4.79 Å². The minimum Gasteiger partial charge on any atom is -0.272 e. The van der Waals surface area contributed by atoms with Crippen LogP contribution < -0.4 is 5.43 Å². The van der Waals surface area contributed by atoms with Crippen molar-refractivity contribution in [2.24, 2.45) is 5.10 Å². The number of nitrogens with zero attached hydrogens (tertiary/aromatic N) is 2. The van der Waals surface area contributed by atoms with E-state index in [1.54, 1.807) is 6.92 Å². The molecule has 0 aliphatic heterocycles. The zero-order chi connectivity index (χ0) is 19.3. The smallest absolute Gasteiger partial charge is 0.255 e. The van der Waals surface area contributed by atoms with Gasteiger partial charge in [-0.05, 0) is 43.7 Å². The fraction of sp³-hybridized carbons (Fsp3) is 0.222. The minimum atomic E-state index is -3.78. The van der Waals surface area contributed by atoms with Crippen LogP contribution in [0.5, 0.6) is 0 Å². The zero-order valence-electron chi connectivity index (χ0n) is 14.7. The van der Waals surface area contributed by atoms with E-state index in [9.17, 15) is 13.2 Å². The van der Waals surface area contributed by atoms with Crippen molar-refractivity contribution in [1.29, 1.82) is 0 Å². The Labute approximate surface area is 158 Å². The summed E-state index contributed by atoms with van der Waals surface area (Å²) < 4.78 is 25.8. The number of hydrazone groups is 1. The van der Waals surface area contributed by atoms with Gasteiger partial charge in [-0.2, -0.15) is 9.41 Å². The van der Waals surface area contributed by atoms with E-state index in [0.717, 1.165) is 15.4 Å². The van der Waals surface area contributed by atoms with Crippen LogP contribution >= 0.6 is 11.6 Å². The first-order valence-corrected chi connectivity index (χ1v) is 9.64. The van der Waals surface area contributed by atoms with Crippen molar-refractivity contribution in [2.45, 2.75) is 18.7 Å². The van der Waals surface area contributed by atoms with Gasteiger partial charge in [0, 0.05) is 12.1 Å². The molecule has 0 aromatic heterocycles. The molecule has 0 radical (unpaired) electrons. The van der Waals surface area contributed by atoms with Crippen molar-refractivity contribution >= 4 is 33.2 Å². The molecule has 1 amide bonds. The summed E-state index contributed by atoms with van der Waals surface area (Å²) in [4.78, 5) is 12.1. The van der Waals surface area contributed by atoms with Gasteiger partial charge in [-0.15, -0.1) is 0 Å². The van der Waals surface area contributed by atoms with Gasteiger partial charge in [0.1, 0.15) is 0 Å². The topological polar surface area (TPSA) is 78.8 Å². The van der Waals surface area contributed by atoms with E-state index >= 15 is 0 Å². The molecule has 8 heteroatoms. The van der Waals surface area contributed by atoms with Gasteiger partial charge in [0.25, 0.3) is 5.91 Å². The predicted molar refractivity (Wildman–Crippen MR) is 103 cm³/mol. The quantitative estimate of drug-likeness (QED) is 0.605. The van der Waals surface area contributed by atoms with Crippen LogP contribution in [0.1, 0.15) is 18.1 Å². The van der Waals surface area contributed by atoms with E-state index in [1.165, 1.54) is 31.3 Å². The Hall–Kier alpha value is -2.22. The highest BCUT2D eigenvalue weighted by atomic mass is 35.5. The fourth-order valence-electron chi connectivity index (χ4n) is 2.11. The molecule has 0 saturated heterocycles. The van der Waals surface area contributed by atoms with Crippen molar-refractivity contribution in [1.82, 2.24) is 9.73 Å². The molecule has 2 aromatic rings. The second kappa shape index (κ2) is 8.44. The molecule has 0 unspecified atom stereocenters. The molecule has 0 aliphatic rings. The molecule has 2 rings (SSSR count). The molecule has 0 heterocycles. The van der Waals surface area contributed by atoms with E-state index < -0.39 is 15.9 Å². The van der Waals surface area contributed by atoms with Crippen molar-refractivity contribution in [2.75, 3.05) is 13.6 Å². The predicted octanol–water partition coefficient (Wildman–Crippen LogP) is 2.81. The van der Waals surface area contributed by atoms with Crippen molar-refractivity contribution in [3.05, 3.63) is 64.7 Å². The molecule has 0 spiro atoms. The second-order valence-electron chi connectivity index (χ2n) is 5.81. The summed E-state index contributed by atoms with van der Waals surface area (Å²) in [5, 5.41) is 4.46. The lowest BCUT2D eigenvalue weighted by Gasteiger charge is -2.16. The maximum absolute atomic E-state index is 12.4. The average Bonchev–Trinajstić information content (AvgIpc) is 2.60. The number of hydrogen-bond acceptors (Lipinski definition) is 4. The summed E-state index contributed by atoms with van der Waals surface area (Å²) in [5.74, 6) is -0.531. The molecule has 26 heavy (non-hydrogen) atoms. The lowest BCUT2D eigenvalue weighted by atomic mass is 10.1. The molecule has 0 aliphatic carbocycles. The molecule has 2 aromatic carbocycles. The third-order valence-corrected chi connectivity index (χ3v) is 5.78. The largest absolute Gasteiger partial charge is 0.272 e. The molecular weight excluding hydrogens is 374 g/mol. The Balaban J connectivity index is 2.01. The average molecular weight is 394 g/mol. The Bertz CT molecular complexity index is 908. The van der Waals surface area contributed by atoms with E-state index in [-0.39, 0.29) is 11.4 Å². The molecule has 0 bridgehead atoms. The lowest BCUT2D eigenvalue weighted by molar-refractivity contribution is -0.121. The van der Waals surface area contributed by atoms with Crippen LogP contribution in [0.15, 0.2) is 58.5 Å². The third-order valence-electron chi connectivity index (χ3n) is 3.71. The highest BCUT2D eigenvalue weighted by Crippen LogP contribution is 2.17. The van der Waals surface area contributed by atoms with Crippen molar-refractivity contribution in [3.8, 4) is 0 Å². The standard InChI is InChI=1S/C18H20ClN3O3S/c1-13-4-6-15(7-5-13)14(2)20-21-18(23)12-22(3)26(24,25)17-10-8-16(19)9-11-17/h4-11H,12H2,1-3H3,(H,21,23)/b20-14-. The van der Waals surface area contributed by atoms with E-state index in [2.05, 4.69) is 10.5 Å². The number of carbonyl (C=O) groups is 1. The second-order valence-corrected chi connectivity index (χ2v) is 8.29. The summed E-state index contributed by atoms with van der Waals surface area (Å²) >= 11 is 5.77. The molecule has 0 fully saturated rings. The number of benzene rings is 2. The van der Waals surface area contributed by atoms with Crippen LogP contribution in [0, 0.1) is 6.92 Å². The first kappa shape index (κ1) is 20.1. The number of amides is 1. The highest BCUT2D eigenvalue weighted by molar-refractivity contribution is 7.89. The Kier molecular flexibility index (Phi) is 6.52. The molecule has 0 atom stereocenters. The number of hydrogen-bond donors (Lipinski definition) is 1. The van der Waals surface area contributed by atoms with Gasteiger partial charge in [-0.1, -0.05) is 41.4 Å². The number of halogens is 1. The first-order chi connectivity index (χ1) is 12.2. The van der Waals surface area contributed by atoms with Crippen LogP contribution in [0.25, 0.3) is 0 Å². The maximum atomic E-state index is 12.4. The molecular formula is C18H20ClN3O3S. The maximum Gasteiger partial charge on any atom is 0.255 e. The van der Waals surface area contributed by atoms with Crippen LogP contribution in [0.3, 0.4) is 0 Å². The number of rotatable bonds is 6. The van der Waals surface area contributed by atoms with Gasteiger partial charge in [0.05, 0.1) is 17.2 Å². The number of carbonyl (C=O) groups excluding carboxylic acids is 1. The highest BCUT2D eigenvalue weighted by Gasteiger charge is 2.22. The van der Waals surface area contributed by atoms with Gasteiger partial charge >= 0.3 is 0 Å². The minimum absolute atomic E-state index is 0.0662. The summed E-state index contributed by atoms with van der Waals surface area (Å²) in [5.41, 5.74) is 5.01. The van der Waals surface area contributed by atoms with Crippen molar-refractivity contribution in [3.63, 3.8) is 0 Å². The molecule has 138 valence electrons. The summed E-state index contributed by atoms with van der Waals surface area (Å²) in [6, 6.07) is 13.5. The van der Waals surface area contributed by atoms with Crippen LogP contribution in [0.2, 0.25) is 5.02 Å². The van der Waals surface area contributed by atoms with Gasteiger partial charge < -0.3 is 0 Å². The van der Waals surface area contributed by atoms with Crippen LogP contribution in [0.4, 0.5) is 0 Å². The number of sulfonamides is 1. The van der Waals surface area contributed by atoms with Gasteiger partial charge in [0.2, 0.25) is 10.0 Å². The molecule has 6 nitrogen and oxygen atoms in total. The summed E-state index contributed by atoms with van der Waals surface area (Å²) in [6.45, 7) is 3.39. The number of nitrogens with one attached hydrogen (secondary N) is 1. The molecule has 1 N–H and O–H groups in total. The van der Waals surface area contributed by atoms with Crippen LogP contribution in [-0.4, -0.2) is 37.9 Å². The fourth-order valence-corrected chi connectivity index (χ4v) is 3.37. The van der Waals surface area contributed by atoms with Gasteiger partial charge in [-0.25, -0.2) is 13.8 Å². The lowest BCUT2D eigenvalue weighted by Crippen LogP contribution is -2.36.